The van der Waals surface area contributed by atoms with Crippen molar-refractivity contribution in [3.63, 3.8) is 0 Å². The molecule has 1 rings (SSSR count). The van der Waals surface area contributed by atoms with Gasteiger partial charge in [-0.3, -0.25) is 0 Å². The van der Waals surface area contributed by atoms with Crippen LogP contribution in [0.3, 0.4) is 0 Å². The fourth-order valence-electron chi connectivity index (χ4n) is 3.00. The maximum atomic E-state index is 13.8. The number of rotatable bonds is 8. The Labute approximate surface area is 161 Å². The zero-order valence-corrected chi connectivity index (χ0v) is 16.2. The molecule has 8 heteroatoms. The number of allylic oxidation sites excluding steroid dienone is 4. The van der Waals surface area contributed by atoms with E-state index in [4.69, 9.17) is 9.94 Å². The Balaban J connectivity index is 3.33. The van der Waals surface area contributed by atoms with Crippen LogP contribution in [0.5, 0.6) is 5.75 Å². The van der Waals surface area contributed by atoms with Crippen molar-refractivity contribution in [3.05, 3.63) is 53.9 Å². The average Bonchev–Trinajstić information content (AvgIpc) is 2.59. The molecule has 0 aromatic heterocycles. The summed E-state index contributed by atoms with van der Waals surface area (Å²) < 4.78 is 60.2. The molecular weight excluding hydrogens is 378 g/mol. The van der Waals surface area contributed by atoms with Gasteiger partial charge in [-0.25, -0.2) is 4.39 Å². The van der Waals surface area contributed by atoms with E-state index in [9.17, 15) is 22.7 Å². The summed E-state index contributed by atoms with van der Waals surface area (Å²) in [6.45, 7) is 4.61. The van der Waals surface area contributed by atoms with Crippen molar-refractivity contribution in [2.45, 2.75) is 50.8 Å². The van der Waals surface area contributed by atoms with Crippen molar-refractivity contribution >= 4 is 5.71 Å². The number of halogens is 4. The van der Waals surface area contributed by atoms with E-state index in [-0.39, 0.29) is 17.0 Å². The molecule has 0 spiro atoms. The average molecular weight is 403 g/mol. The van der Waals surface area contributed by atoms with Gasteiger partial charge in [-0.15, -0.1) is 0 Å². The largest absolute Gasteiger partial charge is 0.496 e. The van der Waals surface area contributed by atoms with E-state index >= 15 is 0 Å². The second kappa shape index (κ2) is 9.23. The molecule has 2 N–H and O–H groups in total. The second-order valence-corrected chi connectivity index (χ2v) is 7.09. The number of hydrogen-bond acceptors (Lipinski definition) is 4. The summed E-state index contributed by atoms with van der Waals surface area (Å²) in [7, 11) is 1.32. The molecule has 0 saturated heterocycles. The summed E-state index contributed by atoms with van der Waals surface area (Å²) >= 11 is 0. The minimum Gasteiger partial charge on any atom is -0.496 e. The molecule has 28 heavy (non-hydrogen) atoms. The third-order valence-electron chi connectivity index (χ3n) is 4.35. The minimum absolute atomic E-state index is 0.185. The topological polar surface area (TPSA) is 62.0 Å². The molecule has 0 bridgehead atoms. The zero-order chi connectivity index (χ0) is 21.6. The van der Waals surface area contributed by atoms with E-state index < -0.39 is 35.9 Å². The Hall–Kier alpha value is -2.35. The molecule has 0 saturated carbocycles. The van der Waals surface area contributed by atoms with Gasteiger partial charge in [0, 0.05) is 12.0 Å². The maximum Gasteiger partial charge on any atom is 0.417 e. The highest BCUT2D eigenvalue weighted by molar-refractivity contribution is 5.95. The lowest BCUT2D eigenvalue weighted by Gasteiger charge is -2.38. The first-order valence-corrected chi connectivity index (χ1v) is 8.53. The van der Waals surface area contributed by atoms with Crippen LogP contribution in [0.1, 0.15) is 39.2 Å². The third-order valence-corrected chi connectivity index (χ3v) is 4.35. The van der Waals surface area contributed by atoms with E-state index in [1.165, 1.54) is 39.2 Å². The molecule has 1 aromatic carbocycles. The third kappa shape index (κ3) is 5.82. The first kappa shape index (κ1) is 23.7. The number of oxime groups is 1. The molecule has 1 aromatic rings. The van der Waals surface area contributed by atoms with Gasteiger partial charge in [0.15, 0.2) is 5.60 Å². The van der Waals surface area contributed by atoms with Gasteiger partial charge >= 0.3 is 6.18 Å². The number of methoxy groups -OCH3 is 1. The number of benzene rings is 1. The molecule has 0 amide bonds. The second-order valence-electron chi connectivity index (χ2n) is 7.09. The predicted octanol–water partition coefficient (Wildman–Crippen LogP) is 5.15. The van der Waals surface area contributed by atoms with Crippen molar-refractivity contribution in [2.24, 2.45) is 5.16 Å². The lowest BCUT2D eigenvalue weighted by atomic mass is 9.73. The van der Waals surface area contributed by atoms with E-state index in [0.29, 0.717) is 0 Å². The molecular formula is C20H25F4NO3. The highest BCUT2D eigenvalue weighted by atomic mass is 19.4. The van der Waals surface area contributed by atoms with Gasteiger partial charge in [-0.1, -0.05) is 37.2 Å². The molecule has 1 unspecified atom stereocenters. The number of alkyl halides is 3. The van der Waals surface area contributed by atoms with Crippen molar-refractivity contribution in [2.75, 3.05) is 7.11 Å². The van der Waals surface area contributed by atoms with Crippen LogP contribution < -0.4 is 4.74 Å². The summed E-state index contributed by atoms with van der Waals surface area (Å²) in [6, 6.07) is 3.54. The minimum atomic E-state index is -5.02. The number of hydrogen-bond donors (Lipinski definition) is 2. The molecule has 0 heterocycles. The first-order valence-electron chi connectivity index (χ1n) is 8.53. The molecule has 0 radical (unpaired) electrons. The predicted molar refractivity (Wildman–Crippen MR) is 99.4 cm³/mol. The van der Waals surface area contributed by atoms with Gasteiger partial charge in [0.1, 0.15) is 11.6 Å². The van der Waals surface area contributed by atoms with E-state index in [1.807, 2.05) is 0 Å². The summed E-state index contributed by atoms with van der Waals surface area (Å²) in [5.41, 5.74) is -4.69. The SMILES string of the molecule is C\C=C/C=C\C(CC(O)(CC(C)(C)c1cc(F)ccc1OC)C(F)(F)F)=N/O. The van der Waals surface area contributed by atoms with Crippen LogP contribution in [0.4, 0.5) is 17.6 Å². The van der Waals surface area contributed by atoms with Crippen LogP contribution in [0.25, 0.3) is 0 Å². The van der Waals surface area contributed by atoms with Gasteiger partial charge < -0.3 is 15.1 Å². The molecule has 0 aliphatic rings. The number of ether oxygens (including phenoxy) is 1. The molecule has 0 aliphatic heterocycles. The Bertz CT molecular complexity index is 754. The maximum absolute atomic E-state index is 13.8. The fraction of sp³-hybridized carbons (Fsp3) is 0.450. The van der Waals surface area contributed by atoms with Gasteiger partial charge in [0.05, 0.1) is 12.8 Å². The summed E-state index contributed by atoms with van der Waals surface area (Å²) in [6.07, 6.45) is -1.05. The molecule has 156 valence electrons. The van der Waals surface area contributed by atoms with Crippen molar-refractivity contribution in [1.29, 1.82) is 0 Å². The van der Waals surface area contributed by atoms with Crippen LogP contribution in [-0.2, 0) is 5.41 Å². The smallest absolute Gasteiger partial charge is 0.417 e. The quantitative estimate of drug-likeness (QED) is 0.208. The number of aliphatic hydroxyl groups is 1. The summed E-state index contributed by atoms with van der Waals surface area (Å²) in [4.78, 5) is 0. The van der Waals surface area contributed by atoms with Crippen molar-refractivity contribution in [3.8, 4) is 5.75 Å². The van der Waals surface area contributed by atoms with E-state index in [0.717, 1.165) is 12.1 Å². The lowest BCUT2D eigenvalue weighted by molar-refractivity contribution is -0.263. The lowest BCUT2D eigenvalue weighted by Crippen LogP contribution is -2.50. The van der Waals surface area contributed by atoms with Crippen molar-refractivity contribution < 1.29 is 32.6 Å². The van der Waals surface area contributed by atoms with Gasteiger partial charge in [-0.05, 0) is 43.0 Å². The van der Waals surface area contributed by atoms with Crippen molar-refractivity contribution in [1.82, 2.24) is 0 Å². The number of nitrogens with zero attached hydrogens (tertiary/aromatic N) is 1. The van der Waals surface area contributed by atoms with Crippen LogP contribution in [0.2, 0.25) is 0 Å². The fourth-order valence-corrected chi connectivity index (χ4v) is 3.00. The molecule has 0 aliphatic carbocycles. The van der Waals surface area contributed by atoms with Gasteiger partial charge in [-0.2, -0.15) is 13.2 Å². The van der Waals surface area contributed by atoms with Crippen LogP contribution in [0.15, 0.2) is 47.7 Å². The standard InChI is InChI=1S/C20H25F4NO3/c1-5-6-7-8-15(25-27)12-19(26,20(22,23)24)13-18(2,3)16-11-14(21)9-10-17(16)28-4/h5-11,26-27H,12-13H2,1-4H3/b6-5-,8-7-,25-15+. The zero-order valence-electron chi connectivity index (χ0n) is 16.2. The Morgan fingerprint density at radius 2 is 1.86 bits per heavy atom. The van der Waals surface area contributed by atoms with E-state index in [2.05, 4.69) is 5.16 Å². The molecule has 1 atom stereocenters. The van der Waals surface area contributed by atoms with E-state index in [1.54, 1.807) is 19.1 Å². The molecule has 0 fully saturated rings. The highest BCUT2D eigenvalue weighted by Crippen LogP contribution is 2.45. The highest BCUT2D eigenvalue weighted by Gasteiger charge is 2.56. The van der Waals surface area contributed by atoms with Crippen LogP contribution >= 0.6 is 0 Å². The monoisotopic (exact) mass is 403 g/mol. The van der Waals surface area contributed by atoms with Gasteiger partial charge in [0.2, 0.25) is 0 Å². The first-order chi connectivity index (χ1) is 12.9. The summed E-state index contributed by atoms with van der Waals surface area (Å²) in [5, 5.41) is 22.4. The Morgan fingerprint density at radius 1 is 1.21 bits per heavy atom. The van der Waals surface area contributed by atoms with Crippen LogP contribution in [-0.4, -0.2) is 34.9 Å². The van der Waals surface area contributed by atoms with Crippen LogP contribution in [0, 0.1) is 5.82 Å². The van der Waals surface area contributed by atoms with Gasteiger partial charge in [0.25, 0.3) is 0 Å². The Kier molecular flexibility index (Phi) is 7.81. The summed E-state index contributed by atoms with van der Waals surface area (Å²) in [5.74, 6) is -0.425. The normalized spacial score (nSPS) is 16.0. The Morgan fingerprint density at radius 3 is 2.36 bits per heavy atom. The molecule has 4 nitrogen and oxygen atoms in total.